The van der Waals surface area contributed by atoms with Crippen LogP contribution in [-0.2, 0) is 0 Å². The second kappa shape index (κ2) is 8.18. The van der Waals surface area contributed by atoms with Gasteiger partial charge in [-0.05, 0) is 43.4 Å². The van der Waals surface area contributed by atoms with Crippen molar-refractivity contribution in [3.63, 3.8) is 0 Å². The molecular formula is C17H29N. The molecule has 0 fully saturated rings. The highest BCUT2D eigenvalue weighted by atomic mass is 15.1. The average molecular weight is 247 g/mol. The lowest BCUT2D eigenvalue weighted by molar-refractivity contribution is 0.507. The molecule has 1 heteroatoms. The van der Waals surface area contributed by atoms with Gasteiger partial charge in [0.05, 0.1) is 0 Å². The third-order valence-corrected chi connectivity index (χ3v) is 3.46. The SMILES string of the molecule is CCCCN(CC(C)CCC)c1cccc(C)c1. The first-order chi connectivity index (χ1) is 8.67. The van der Waals surface area contributed by atoms with Gasteiger partial charge in [0.2, 0.25) is 0 Å². The van der Waals surface area contributed by atoms with Crippen molar-refractivity contribution in [2.24, 2.45) is 5.92 Å². The van der Waals surface area contributed by atoms with Gasteiger partial charge >= 0.3 is 0 Å². The summed E-state index contributed by atoms with van der Waals surface area (Å²) in [6.07, 6.45) is 5.17. The molecular weight excluding hydrogens is 218 g/mol. The van der Waals surface area contributed by atoms with Crippen LogP contribution < -0.4 is 4.90 Å². The molecule has 1 aromatic carbocycles. The maximum absolute atomic E-state index is 2.57. The van der Waals surface area contributed by atoms with E-state index in [0.717, 1.165) is 5.92 Å². The summed E-state index contributed by atoms with van der Waals surface area (Å²) in [6, 6.07) is 8.92. The van der Waals surface area contributed by atoms with Gasteiger partial charge in [0, 0.05) is 18.8 Å². The van der Waals surface area contributed by atoms with Crippen molar-refractivity contribution in [3.05, 3.63) is 29.8 Å². The maximum Gasteiger partial charge on any atom is 0.0368 e. The van der Waals surface area contributed by atoms with Crippen molar-refractivity contribution in [1.82, 2.24) is 0 Å². The monoisotopic (exact) mass is 247 g/mol. The molecule has 1 unspecified atom stereocenters. The summed E-state index contributed by atoms with van der Waals surface area (Å²) in [5.41, 5.74) is 2.75. The number of anilines is 1. The van der Waals surface area contributed by atoms with Gasteiger partial charge in [0.25, 0.3) is 0 Å². The van der Waals surface area contributed by atoms with Crippen LogP contribution in [0.3, 0.4) is 0 Å². The predicted octanol–water partition coefficient (Wildman–Crippen LogP) is 5.04. The highest BCUT2D eigenvalue weighted by Gasteiger charge is 2.10. The highest BCUT2D eigenvalue weighted by molar-refractivity contribution is 5.48. The normalized spacial score (nSPS) is 12.4. The van der Waals surface area contributed by atoms with Crippen LogP contribution >= 0.6 is 0 Å². The van der Waals surface area contributed by atoms with Gasteiger partial charge in [-0.2, -0.15) is 0 Å². The Labute approximate surface area is 113 Å². The summed E-state index contributed by atoms with van der Waals surface area (Å²) in [6.45, 7) is 11.5. The summed E-state index contributed by atoms with van der Waals surface area (Å²) < 4.78 is 0. The lowest BCUT2D eigenvalue weighted by atomic mass is 10.0. The predicted molar refractivity (Wildman–Crippen MR) is 82.4 cm³/mol. The lowest BCUT2D eigenvalue weighted by Crippen LogP contribution is -2.29. The molecule has 0 aromatic heterocycles. The topological polar surface area (TPSA) is 3.24 Å². The van der Waals surface area contributed by atoms with Crippen molar-refractivity contribution in [3.8, 4) is 0 Å². The van der Waals surface area contributed by atoms with Crippen LogP contribution in [0.15, 0.2) is 24.3 Å². The van der Waals surface area contributed by atoms with E-state index in [4.69, 9.17) is 0 Å². The molecule has 0 aliphatic heterocycles. The standard InChI is InChI=1S/C17H29N/c1-5-7-12-18(14-16(4)9-6-2)17-11-8-10-15(3)13-17/h8,10-11,13,16H,5-7,9,12,14H2,1-4H3. The third kappa shape index (κ3) is 5.12. The zero-order valence-electron chi connectivity index (χ0n) is 12.6. The zero-order chi connectivity index (χ0) is 13.4. The molecule has 1 aromatic rings. The number of benzene rings is 1. The average Bonchev–Trinajstić information content (AvgIpc) is 2.34. The van der Waals surface area contributed by atoms with Crippen LogP contribution in [0.1, 0.15) is 52.0 Å². The van der Waals surface area contributed by atoms with E-state index in [-0.39, 0.29) is 0 Å². The van der Waals surface area contributed by atoms with Crippen LogP contribution in [0, 0.1) is 12.8 Å². The van der Waals surface area contributed by atoms with Crippen molar-refractivity contribution in [1.29, 1.82) is 0 Å². The Morgan fingerprint density at radius 1 is 1.17 bits per heavy atom. The Kier molecular flexibility index (Phi) is 6.85. The van der Waals surface area contributed by atoms with E-state index in [1.807, 2.05) is 0 Å². The molecule has 0 bridgehead atoms. The van der Waals surface area contributed by atoms with E-state index in [1.54, 1.807) is 0 Å². The third-order valence-electron chi connectivity index (χ3n) is 3.46. The Hall–Kier alpha value is -0.980. The van der Waals surface area contributed by atoms with Crippen molar-refractivity contribution >= 4 is 5.69 Å². The fraction of sp³-hybridized carbons (Fsp3) is 0.647. The van der Waals surface area contributed by atoms with Crippen LogP contribution in [0.2, 0.25) is 0 Å². The van der Waals surface area contributed by atoms with E-state index < -0.39 is 0 Å². The molecule has 1 rings (SSSR count). The Balaban J connectivity index is 2.70. The largest absolute Gasteiger partial charge is 0.371 e. The molecule has 1 atom stereocenters. The molecule has 0 aliphatic carbocycles. The Morgan fingerprint density at radius 2 is 1.94 bits per heavy atom. The van der Waals surface area contributed by atoms with Gasteiger partial charge in [0.15, 0.2) is 0 Å². The van der Waals surface area contributed by atoms with Gasteiger partial charge in [-0.3, -0.25) is 0 Å². The van der Waals surface area contributed by atoms with Crippen LogP contribution in [0.25, 0.3) is 0 Å². The van der Waals surface area contributed by atoms with E-state index >= 15 is 0 Å². The fourth-order valence-electron chi connectivity index (χ4n) is 2.46. The number of hydrogen-bond acceptors (Lipinski definition) is 1. The first-order valence-corrected chi connectivity index (χ1v) is 7.49. The minimum absolute atomic E-state index is 0.785. The summed E-state index contributed by atoms with van der Waals surface area (Å²) in [4.78, 5) is 2.57. The smallest absolute Gasteiger partial charge is 0.0368 e. The zero-order valence-corrected chi connectivity index (χ0v) is 12.6. The second-order valence-corrected chi connectivity index (χ2v) is 5.53. The molecule has 0 heterocycles. The fourth-order valence-corrected chi connectivity index (χ4v) is 2.46. The first-order valence-electron chi connectivity index (χ1n) is 7.49. The van der Waals surface area contributed by atoms with E-state index in [9.17, 15) is 0 Å². The molecule has 0 amide bonds. The van der Waals surface area contributed by atoms with Gasteiger partial charge in [-0.1, -0.05) is 45.7 Å². The summed E-state index contributed by atoms with van der Waals surface area (Å²) >= 11 is 0. The molecule has 0 saturated carbocycles. The summed E-state index contributed by atoms with van der Waals surface area (Å²) in [5, 5.41) is 0. The molecule has 102 valence electrons. The van der Waals surface area contributed by atoms with Crippen molar-refractivity contribution < 1.29 is 0 Å². The molecule has 0 saturated heterocycles. The number of hydrogen-bond donors (Lipinski definition) is 0. The summed E-state index contributed by atoms with van der Waals surface area (Å²) in [7, 11) is 0. The lowest BCUT2D eigenvalue weighted by Gasteiger charge is -2.28. The van der Waals surface area contributed by atoms with E-state index in [1.165, 1.54) is 50.0 Å². The molecule has 0 aliphatic rings. The minimum Gasteiger partial charge on any atom is -0.371 e. The van der Waals surface area contributed by atoms with E-state index in [0.29, 0.717) is 0 Å². The van der Waals surface area contributed by atoms with Crippen molar-refractivity contribution in [2.75, 3.05) is 18.0 Å². The number of aryl methyl sites for hydroxylation is 1. The Morgan fingerprint density at radius 3 is 2.56 bits per heavy atom. The maximum atomic E-state index is 2.57. The quantitative estimate of drug-likeness (QED) is 0.622. The van der Waals surface area contributed by atoms with Crippen LogP contribution in [0.5, 0.6) is 0 Å². The van der Waals surface area contributed by atoms with E-state index in [2.05, 4.69) is 56.9 Å². The van der Waals surface area contributed by atoms with Crippen LogP contribution in [-0.4, -0.2) is 13.1 Å². The highest BCUT2D eigenvalue weighted by Crippen LogP contribution is 2.19. The van der Waals surface area contributed by atoms with Gasteiger partial charge in [-0.15, -0.1) is 0 Å². The minimum atomic E-state index is 0.785. The molecule has 1 nitrogen and oxygen atoms in total. The molecule has 0 spiro atoms. The molecule has 18 heavy (non-hydrogen) atoms. The number of nitrogens with zero attached hydrogens (tertiary/aromatic N) is 1. The van der Waals surface area contributed by atoms with Crippen molar-refractivity contribution in [2.45, 2.75) is 53.4 Å². The molecule has 0 N–H and O–H groups in total. The Bertz CT molecular complexity index is 332. The summed E-state index contributed by atoms with van der Waals surface area (Å²) in [5.74, 6) is 0.785. The number of rotatable bonds is 8. The van der Waals surface area contributed by atoms with Gasteiger partial charge < -0.3 is 4.90 Å². The number of unbranched alkanes of at least 4 members (excludes halogenated alkanes) is 1. The van der Waals surface area contributed by atoms with Gasteiger partial charge in [0.1, 0.15) is 0 Å². The van der Waals surface area contributed by atoms with Gasteiger partial charge in [-0.25, -0.2) is 0 Å². The second-order valence-electron chi connectivity index (χ2n) is 5.53. The molecule has 0 radical (unpaired) electrons. The first kappa shape index (κ1) is 15.1. The van der Waals surface area contributed by atoms with Crippen LogP contribution in [0.4, 0.5) is 5.69 Å².